The van der Waals surface area contributed by atoms with E-state index in [2.05, 4.69) is 25.8 Å². The van der Waals surface area contributed by atoms with E-state index in [0.29, 0.717) is 25.7 Å². The molecule has 0 saturated carbocycles. The third-order valence-electron chi connectivity index (χ3n) is 4.19. The molecule has 2 N–H and O–H groups in total. The number of nitrogens with one attached hydrogen (secondary N) is 2. The van der Waals surface area contributed by atoms with Crippen LogP contribution in [-0.2, 0) is 11.3 Å². The Morgan fingerprint density at radius 3 is 2.58 bits per heavy atom. The minimum absolute atomic E-state index is 0. The third kappa shape index (κ3) is 7.75. The smallest absolute Gasteiger partial charge is 0.409 e. The maximum Gasteiger partial charge on any atom is 0.409 e. The summed E-state index contributed by atoms with van der Waals surface area (Å²) in [5.41, 5.74) is 0. The first kappa shape index (κ1) is 22.5. The Kier molecular flexibility index (Phi) is 11.0. The van der Waals surface area contributed by atoms with E-state index in [4.69, 9.17) is 4.74 Å². The molecule has 0 atom stereocenters. The van der Waals surface area contributed by atoms with E-state index in [1.54, 1.807) is 24.6 Å². The van der Waals surface area contributed by atoms with E-state index in [1.807, 2.05) is 11.5 Å². The minimum atomic E-state index is -0.212. The van der Waals surface area contributed by atoms with E-state index in [1.165, 1.54) is 0 Å². The molecule has 0 aliphatic carbocycles. The van der Waals surface area contributed by atoms with Crippen LogP contribution in [0.15, 0.2) is 17.6 Å². The van der Waals surface area contributed by atoms with Gasteiger partial charge >= 0.3 is 6.09 Å². The van der Waals surface area contributed by atoms with Gasteiger partial charge in [-0.15, -0.1) is 34.2 Å². The third-order valence-corrected chi connectivity index (χ3v) is 4.19. The second kappa shape index (κ2) is 12.7. The van der Waals surface area contributed by atoms with Crippen molar-refractivity contribution in [3.05, 3.63) is 12.7 Å². The number of carbonyl (C=O) groups is 1. The van der Waals surface area contributed by atoms with Crippen LogP contribution in [0.5, 0.6) is 0 Å². The van der Waals surface area contributed by atoms with Gasteiger partial charge in [0.15, 0.2) is 5.96 Å². The van der Waals surface area contributed by atoms with E-state index in [9.17, 15) is 4.79 Å². The van der Waals surface area contributed by atoms with Crippen molar-refractivity contribution >= 4 is 36.0 Å². The summed E-state index contributed by atoms with van der Waals surface area (Å²) in [6.45, 7) is 5.47. The summed E-state index contributed by atoms with van der Waals surface area (Å²) in [5.74, 6) is 0.818. The van der Waals surface area contributed by atoms with Crippen molar-refractivity contribution in [3.63, 3.8) is 0 Å². The van der Waals surface area contributed by atoms with Gasteiger partial charge in [-0.25, -0.2) is 4.79 Å². The molecule has 1 aliphatic rings. The lowest BCUT2D eigenvalue weighted by Crippen LogP contribution is -2.50. The number of likely N-dealkylation sites (tertiary alicyclic amines) is 1. The average molecular weight is 479 g/mol. The van der Waals surface area contributed by atoms with Gasteiger partial charge < -0.3 is 24.8 Å². The lowest BCUT2D eigenvalue weighted by Gasteiger charge is -2.32. The van der Waals surface area contributed by atoms with Crippen LogP contribution in [0.2, 0.25) is 0 Å². The van der Waals surface area contributed by atoms with E-state index in [-0.39, 0.29) is 30.1 Å². The van der Waals surface area contributed by atoms with E-state index in [0.717, 1.165) is 44.7 Å². The Labute approximate surface area is 172 Å². The summed E-state index contributed by atoms with van der Waals surface area (Å²) in [6, 6.07) is 0.328. The number of aromatic nitrogens is 3. The van der Waals surface area contributed by atoms with E-state index < -0.39 is 0 Å². The van der Waals surface area contributed by atoms with Crippen LogP contribution in [0.25, 0.3) is 0 Å². The fourth-order valence-corrected chi connectivity index (χ4v) is 2.77. The molecule has 1 saturated heterocycles. The summed E-state index contributed by atoms with van der Waals surface area (Å²) >= 11 is 0. The average Bonchev–Trinajstić information content (AvgIpc) is 3.14. The van der Waals surface area contributed by atoms with Gasteiger partial charge in [0.1, 0.15) is 12.7 Å². The number of carbonyl (C=O) groups excluding carboxylic acids is 1. The number of piperidine rings is 1. The molecule has 26 heavy (non-hydrogen) atoms. The molecule has 10 heteroatoms. The van der Waals surface area contributed by atoms with Gasteiger partial charge in [-0.1, -0.05) is 0 Å². The standard InChI is InChI=1S/C16H29N7O2.HI/c1-3-25-16(24)23-10-6-14(7-11-23)21-15(17-2)18-8-4-5-9-22-12-19-20-13-22;/h12-14H,3-11H2,1-2H3,(H2,17,18,21);1H. The van der Waals surface area contributed by atoms with Crippen LogP contribution in [0.3, 0.4) is 0 Å². The zero-order chi connectivity index (χ0) is 17.9. The molecule has 1 fully saturated rings. The van der Waals surface area contributed by atoms with Gasteiger partial charge in [0.05, 0.1) is 6.61 Å². The van der Waals surface area contributed by atoms with E-state index >= 15 is 0 Å². The van der Waals surface area contributed by atoms with Gasteiger partial charge in [-0.05, 0) is 32.6 Å². The number of aliphatic imine (C=N–C) groups is 1. The molecule has 1 aromatic rings. The zero-order valence-corrected chi connectivity index (χ0v) is 17.9. The molecule has 1 amide bonds. The summed E-state index contributed by atoms with van der Waals surface area (Å²) in [6.07, 6.45) is 7.14. The summed E-state index contributed by atoms with van der Waals surface area (Å²) in [5, 5.41) is 14.4. The van der Waals surface area contributed by atoms with Crippen molar-refractivity contribution in [3.8, 4) is 0 Å². The lowest BCUT2D eigenvalue weighted by molar-refractivity contribution is 0.0963. The van der Waals surface area contributed by atoms with Crippen LogP contribution in [0.4, 0.5) is 4.79 Å². The van der Waals surface area contributed by atoms with Gasteiger partial charge in [0, 0.05) is 39.3 Å². The summed E-state index contributed by atoms with van der Waals surface area (Å²) < 4.78 is 7.02. The molecule has 0 spiro atoms. The maximum absolute atomic E-state index is 11.7. The monoisotopic (exact) mass is 479 g/mol. The van der Waals surface area contributed by atoms with Crippen LogP contribution in [-0.4, -0.2) is 71.0 Å². The highest BCUT2D eigenvalue weighted by atomic mass is 127. The number of nitrogens with zero attached hydrogens (tertiary/aromatic N) is 5. The number of amides is 1. The summed E-state index contributed by atoms with van der Waals surface area (Å²) in [4.78, 5) is 17.8. The molecule has 1 aliphatic heterocycles. The predicted octanol–water partition coefficient (Wildman–Crippen LogP) is 1.46. The fourth-order valence-electron chi connectivity index (χ4n) is 2.77. The van der Waals surface area contributed by atoms with Gasteiger partial charge in [0.25, 0.3) is 0 Å². The molecule has 0 aromatic carbocycles. The Bertz CT molecular complexity index is 531. The maximum atomic E-state index is 11.7. The number of guanidine groups is 1. The molecule has 0 unspecified atom stereocenters. The Morgan fingerprint density at radius 2 is 1.96 bits per heavy atom. The second-order valence-corrected chi connectivity index (χ2v) is 6.01. The molecular weight excluding hydrogens is 449 g/mol. The first-order chi connectivity index (χ1) is 12.2. The summed E-state index contributed by atoms with van der Waals surface area (Å²) in [7, 11) is 1.78. The lowest BCUT2D eigenvalue weighted by atomic mass is 10.1. The highest BCUT2D eigenvalue weighted by Crippen LogP contribution is 2.11. The van der Waals surface area contributed by atoms with Crippen molar-refractivity contribution in [2.24, 2.45) is 4.99 Å². The minimum Gasteiger partial charge on any atom is -0.450 e. The first-order valence-corrected chi connectivity index (χ1v) is 8.94. The zero-order valence-electron chi connectivity index (χ0n) is 15.6. The molecule has 1 aromatic heterocycles. The Balaban J connectivity index is 0.00000338. The van der Waals surface area contributed by atoms with Crippen molar-refractivity contribution < 1.29 is 9.53 Å². The molecule has 9 nitrogen and oxygen atoms in total. The number of hydrogen-bond donors (Lipinski definition) is 2. The van der Waals surface area contributed by atoms with Crippen LogP contribution in [0.1, 0.15) is 32.6 Å². The number of halogens is 1. The highest BCUT2D eigenvalue weighted by Gasteiger charge is 2.23. The van der Waals surface area contributed by atoms with Gasteiger partial charge in [0.2, 0.25) is 0 Å². The van der Waals surface area contributed by atoms with Gasteiger partial charge in [-0.2, -0.15) is 0 Å². The predicted molar refractivity (Wildman–Crippen MR) is 111 cm³/mol. The normalized spacial score (nSPS) is 15.3. The Hall–Kier alpha value is -1.59. The fraction of sp³-hybridized carbons (Fsp3) is 0.750. The topological polar surface area (TPSA) is 96.7 Å². The van der Waals surface area contributed by atoms with Crippen LogP contribution in [0, 0.1) is 0 Å². The molecule has 0 radical (unpaired) electrons. The Morgan fingerprint density at radius 1 is 1.27 bits per heavy atom. The number of ether oxygens (including phenoxy) is 1. The molecule has 2 heterocycles. The molecule has 0 bridgehead atoms. The van der Waals surface area contributed by atoms with Crippen molar-refractivity contribution in [2.45, 2.75) is 45.2 Å². The van der Waals surface area contributed by atoms with Gasteiger partial charge in [-0.3, -0.25) is 4.99 Å². The van der Waals surface area contributed by atoms with Crippen LogP contribution >= 0.6 is 24.0 Å². The number of unbranched alkanes of at least 4 members (excludes halogenated alkanes) is 1. The highest BCUT2D eigenvalue weighted by molar-refractivity contribution is 14.0. The quantitative estimate of drug-likeness (QED) is 0.266. The first-order valence-electron chi connectivity index (χ1n) is 8.94. The second-order valence-electron chi connectivity index (χ2n) is 6.01. The number of rotatable bonds is 7. The molecule has 148 valence electrons. The number of aryl methyl sites for hydroxylation is 1. The largest absolute Gasteiger partial charge is 0.450 e. The SMILES string of the molecule is CCOC(=O)N1CCC(NC(=NC)NCCCCn2cnnc2)CC1.I. The molecular formula is C16H30IN7O2. The van der Waals surface area contributed by atoms with Crippen molar-refractivity contribution in [1.82, 2.24) is 30.3 Å². The van der Waals surface area contributed by atoms with Crippen LogP contribution < -0.4 is 10.6 Å². The van der Waals surface area contributed by atoms with Crippen molar-refractivity contribution in [2.75, 3.05) is 33.3 Å². The number of hydrogen-bond acceptors (Lipinski definition) is 5. The molecule has 2 rings (SSSR count). The van der Waals surface area contributed by atoms with Crippen molar-refractivity contribution in [1.29, 1.82) is 0 Å².